The topological polar surface area (TPSA) is 76.8 Å². The Morgan fingerprint density at radius 1 is 1.28 bits per heavy atom. The summed E-state index contributed by atoms with van der Waals surface area (Å²) in [5.74, 6) is 1.51. The first-order chi connectivity index (χ1) is 8.83. The highest BCUT2D eigenvalue weighted by atomic mass is 16.5. The normalized spacial score (nSPS) is 17.1. The number of hydrogen-bond donors (Lipinski definition) is 2. The minimum atomic E-state index is 0.253. The van der Waals surface area contributed by atoms with Crippen molar-refractivity contribution in [3.05, 3.63) is 12.3 Å². The molecule has 2 aromatic heterocycles. The first-order valence-corrected chi connectivity index (χ1v) is 6.56. The lowest BCUT2D eigenvalue weighted by Gasteiger charge is -2.21. The van der Waals surface area contributed by atoms with Crippen LogP contribution >= 0.6 is 0 Å². The number of hydrogen-bond acceptors (Lipinski definition) is 4. The Bertz CT molecular complexity index is 531. The molecular formula is C13H18N4O. The van der Waals surface area contributed by atoms with Crippen LogP contribution in [0.5, 0.6) is 5.88 Å². The van der Waals surface area contributed by atoms with Crippen LogP contribution in [0.3, 0.4) is 0 Å². The van der Waals surface area contributed by atoms with Crippen molar-refractivity contribution >= 4 is 17.0 Å². The van der Waals surface area contributed by atoms with E-state index in [1.54, 1.807) is 0 Å². The van der Waals surface area contributed by atoms with Gasteiger partial charge in [-0.3, -0.25) is 0 Å². The number of aromatic amines is 1. The number of H-pyrrole nitrogens is 1. The van der Waals surface area contributed by atoms with Gasteiger partial charge in [-0.05, 0) is 24.8 Å². The molecule has 5 heteroatoms. The van der Waals surface area contributed by atoms with Crippen molar-refractivity contribution < 1.29 is 4.74 Å². The van der Waals surface area contributed by atoms with Gasteiger partial charge in [0.25, 0.3) is 0 Å². The van der Waals surface area contributed by atoms with E-state index in [-0.39, 0.29) is 5.95 Å². The monoisotopic (exact) mass is 246 g/mol. The van der Waals surface area contributed by atoms with E-state index >= 15 is 0 Å². The van der Waals surface area contributed by atoms with Gasteiger partial charge in [0.15, 0.2) is 0 Å². The number of nitrogen functional groups attached to an aromatic ring is 1. The Morgan fingerprint density at radius 3 is 2.94 bits per heavy atom. The highest BCUT2D eigenvalue weighted by Gasteiger charge is 2.15. The van der Waals surface area contributed by atoms with Crippen LogP contribution in [0.4, 0.5) is 5.95 Å². The van der Waals surface area contributed by atoms with E-state index in [9.17, 15) is 0 Å². The number of ether oxygens (including phenoxy) is 1. The molecule has 0 unspecified atom stereocenters. The van der Waals surface area contributed by atoms with Crippen LogP contribution in [0.2, 0.25) is 0 Å². The molecule has 1 fully saturated rings. The van der Waals surface area contributed by atoms with Crippen molar-refractivity contribution in [1.82, 2.24) is 15.0 Å². The van der Waals surface area contributed by atoms with Gasteiger partial charge in [-0.2, -0.15) is 9.97 Å². The highest BCUT2D eigenvalue weighted by Crippen LogP contribution is 2.26. The van der Waals surface area contributed by atoms with Gasteiger partial charge in [-0.15, -0.1) is 0 Å². The smallest absolute Gasteiger partial charge is 0.227 e. The Labute approximate surface area is 106 Å². The first-order valence-electron chi connectivity index (χ1n) is 6.56. The average Bonchev–Trinajstić information content (AvgIpc) is 2.85. The lowest BCUT2D eigenvalue weighted by atomic mass is 9.90. The maximum atomic E-state index is 5.85. The van der Waals surface area contributed by atoms with Crippen LogP contribution in [0.15, 0.2) is 12.3 Å². The molecule has 0 amide bonds. The van der Waals surface area contributed by atoms with Crippen molar-refractivity contribution in [2.45, 2.75) is 32.1 Å². The van der Waals surface area contributed by atoms with Crippen LogP contribution in [-0.4, -0.2) is 21.6 Å². The van der Waals surface area contributed by atoms with Crippen LogP contribution in [-0.2, 0) is 0 Å². The summed E-state index contributed by atoms with van der Waals surface area (Å²) in [4.78, 5) is 11.3. The predicted molar refractivity (Wildman–Crippen MR) is 70.4 cm³/mol. The third kappa shape index (κ3) is 2.25. The van der Waals surface area contributed by atoms with Gasteiger partial charge in [-0.1, -0.05) is 19.3 Å². The number of rotatable bonds is 3. The van der Waals surface area contributed by atoms with Gasteiger partial charge < -0.3 is 15.5 Å². The summed E-state index contributed by atoms with van der Waals surface area (Å²) in [6.45, 7) is 0.733. The number of nitrogens with two attached hydrogens (primary N) is 1. The third-order valence-electron chi connectivity index (χ3n) is 3.58. The van der Waals surface area contributed by atoms with Gasteiger partial charge >= 0.3 is 0 Å². The zero-order valence-electron chi connectivity index (χ0n) is 10.4. The molecule has 1 aliphatic rings. The maximum Gasteiger partial charge on any atom is 0.227 e. The molecule has 0 atom stereocenters. The van der Waals surface area contributed by atoms with E-state index in [0.29, 0.717) is 11.8 Å². The zero-order valence-corrected chi connectivity index (χ0v) is 10.4. The second-order valence-electron chi connectivity index (χ2n) is 4.94. The second kappa shape index (κ2) is 4.84. The molecule has 0 saturated heterocycles. The summed E-state index contributed by atoms with van der Waals surface area (Å²) in [5.41, 5.74) is 6.41. The largest absolute Gasteiger partial charge is 0.477 e. The molecule has 3 rings (SSSR count). The summed E-state index contributed by atoms with van der Waals surface area (Å²) in [6, 6.07) is 1.92. The van der Waals surface area contributed by atoms with E-state index in [0.717, 1.165) is 17.6 Å². The Balaban J connectivity index is 1.75. The molecule has 18 heavy (non-hydrogen) atoms. The molecule has 0 radical (unpaired) electrons. The molecule has 2 heterocycles. The third-order valence-corrected chi connectivity index (χ3v) is 3.58. The van der Waals surface area contributed by atoms with E-state index < -0.39 is 0 Å². The lowest BCUT2D eigenvalue weighted by molar-refractivity contribution is 0.205. The quantitative estimate of drug-likeness (QED) is 0.872. The SMILES string of the molecule is Nc1nc(OCC2CCCCC2)c2cc[nH]c2n1. The van der Waals surface area contributed by atoms with Crippen molar-refractivity contribution in [3.63, 3.8) is 0 Å². The van der Waals surface area contributed by atoms with E-state index in [2.05, 4.69) is 15.0 Å². The molecular weight excluding hydrogens is 228 g/mol. The molecule has 0 aromatic carbocycles. The van der Waals surface area contributed by atoms with Crippen molar-refractivity contribution in [2.24, 2.45) is 5.92 Å². The molecule has 0 aliphatic heterocycles. The van der Waals surface area contributed by atoms with Gasteiger partial charge in [0, 0.05) is 6.20 Å². The van der Waals surface area contributed by atoms with Crippen LogP contribution < -0.4 is 10.5 Å². The molecule has 3 N–H and O–H groups in total. The summed E-state index contributed by atoms with van der Waals surface area (Å²) >= 11 is 0. The zero-order chi connectivity index (χ0) is 12.4. The van der Waals surface area contributed by atoms with Gasteiger partial charge in [0.2, 0.25) is 11.8 Å². The standard InChI is InChI=1S/C13H18N4O/c14-13-16-11-10(6-7-15-11)12(17-13)18-8-9-4-2-1-3-5-9/h6-7,9H,1-5,8H2,(H3,14,15,16,17). The molecule has 0 spiro atoms. The minimum Gasteiger partial charge on any atom is -0.477 e. The Hall–Kier alpha value is -1.78. The fourth-order valence-corrected chi connectivity index (χ4v) is 2.59. The van der Waals surface area contributed by atoms with Gasteiger partial charge in [0.1, 0.15) is 5.65 Å². The van der Waals surface area contributed by atoms with Crippen LogP contribution in [0.25, 0.3) is 11.0 Å². The summed E-state index contributed by atoms with van der Waals surface area (Å²) in [5, 5.41) is 0.903. The average molecular weight is 246 g/mol. The fraction of sp³-hybridized carbons (Fsp3) is 0.538. The summed E-state index contributed by atoms with van der Waals surface area (Å²) < 4.78 is 5.85. The predicted octanol–water partition coefficient (Wildman–Crippen LogP) is 2.50. The number of fused-ring (bicyclic) bond motifs is 1. The molecule has 96 valence electrons. The number of nitrogens with zero attached hydrogens (tertiary/aromatic N) is 2. The van der Waals surface area contributed by atoms with Crippen molar-refractivity contribution in [3.8, 4) is 5.88 Å². The summed E-state index contributed by atoms with van der Waals surface area (Å²) in [6.07, 6.45) is 8.35. The van der Waals surface area contributed by atoms with Crippen LogP contribution in [0, 0.1) is 5.92 Å². The number of aromatic nitrogens is 3. The molecule has 5 nitrogen and oxygen atoms in total. The lowest BCUT2D eigenvalue weighted by Crippen LogP contribution is -2.16. The molecule has 2 aromatic rings. The summed E-state index contributed by atoms with van der Waals surface area (Å²) in [7, 11) is 0. The molecule has 1 saturated carbocycles. The Kier molecular flexibility index (Phi) is 3.04. The van der Waals surface area contributed by atoms with Crippen LogP contribution in [0.1, 0.15) is 32.1 Å². The van der Waals surface area contributed by atoms with Crippen molar-refractivity contribution in [1.29, 1.82) is 0 Å². The second-order valence-corrected chi connectivity index (χ2v) is 4.94. The van der Waals surface area contributed by atoms with Gasteiger partial charge in [-0.25, -0.2) is 0 Å². The van der Waals surface area contributed by atoms with Crippen molar-refractivity contribution in [2.75, 3.05) is 12.3 Å². The minimum absolute atomic E-state index is 0.253. The maximum absolute atomic E-state index is 5.85. The van der Waals surface area contributed by atoms with E-state index in [1.807, 2.05) is 12.3 Å². The number of nitrogens with one attached hydrogen (secondary N) is 1. The Morgan fingerprint density at radius 2 is 2.11 bits per heavy atom. The van der Waals surface area contributed by atoms with Gasteiger partial charge in [0.05, 0.1) is 12.0 Å². The number of anilines is 1. The fourth-order valence-electron chi connectivity index (χ4n) is 2.59. The van der Waals surface area contributed by atoms with E-state index in [4.69, 9.17) is 10.5 Å². The highest BCUT2D eigenvalue weighted by molar-refractivity contribution is 5.81. The van der Waals surface area contributed by atoms with E-state index in [1.165, 1.54) is 32.1 Å². The molecule has 1 aliphatic carbocycles. The molecule has 0 bridgehead atoms. The first kappa shape index (κ1) is 11.3.